The lowest BCUT2D eigenvalue weighted by Gasteiger charge is -2.37. The monoisotopic (exact) mass is 248 g/mol. The Kier molecular flexibility index (Phi) is 3.99. The summed E-state index contributed by atoms with van der Waals surface area (Å²) in [6.45, 7) is 5.18. The molecule has 1 unspecified atom stereocenters. The van der Waals surface area contributed by atoms with Crippen molar-refractivity contribution in [3.63, 3.8) is 0 Å². The van der Waals surface area contributed by atoms with Gasteiger partial charge in [0.1, 0.15) is 5.54 Å². The highest BCUT2D eigenvalue weighted by Gasteiger charge is 2.41. The minimum atomic E-state index is -0.937. The molecular formula is C14H20N2O2. The first-order chi connectivity index (χ1) is 8.65. The zero-order chi connectivity index (χ0) is 13.0. The van der Waals surface area contributed by atoms with E-state index in [0.717, 1.165) is 38.2 Å². The summed E-state index contributed by atoms with van der Waals surface area (Å²) in [4.78, 5) is 13.8. The summed E-state index contributed by atoms with van der Waals surface area (Å²) in [7, 11) is 0. The first-order valence-corrected chi connectivity index (χ1v) is 6.40. The summed E-state index contributed by atoms with van der Waals surface area (Å²) in [5.74, 6) is -0.782. The van der Waals surface area contributed by atoms with Crippen molar-refractivity contribution in [2.75, 3.05) is 26.2 Å². The lowest BCUT2D eigenvalue weighted by Crippen LogP contribution is -2.51. The Labute approximate surface area is 108 Å². The number of nitrogens with zero attached hydrogens (tertiary/aromatic N) is 1. The van der Waals surface area contributed by atoms with Gasteiger partial charge >= 0.3 is 5.97 Å². The van der Waals surface area contributed by atoms with Crippen LogP contribution in [0.2, 0.25) is 0 Å². The van der Waals surface area contributed by atoms with E-state index in [1.165, 1.54) is 0 Å². The van der Waals surface area contributed by atoms with Crippen molar-refractivity contribution in [1.29, 1.82) is 0 Å². The largest absolute Gasteiger partial charge is 0.480 e. The average Bonchev–Trinajstić information content (AvgIpc) is 2.67. The van der Waals surface area contributed by atoms with Crippen LogP contribution in [0.3, 0.4) is 0 Å². The van der Waals surface area contributed by atoms with Crippen molar-refractivity contribution < 1.29 is 9.90 Å². The normalized spacial score (nSPS) is 20.9. The van der Waals surface area contributed by atoms with Crippen LogP contribution in [0.15, 0.2) is 30.3 Å². The van der Waals surface area contributed by atoms with Gasteiger partial charge in [0.05, 0.1) is 0 Å². The standard InChI is InChI=1S/C14H20N2O2/c1-14(13(17)18,12-6-3-2-4-7-12)16-10-5-8-15-9-11-16/h2-4,6-7,15H,5,8-11H2,1H3,(H,17,18). The predicted molar refractivity (Wildman–Crippen MR) is 70.5 cm³/mol. The van der Waals surface area contributed by atoms with Crippen LogP contribution in [0.1, 0.15) is 18.9 Å². The molecule has 1 aromatic carbocycles. The van der Waals surface area contributed by atoms with E-state index in [1.807, 2.05) is 30.3 Å². The van der Waals surface area contributed by atoms with Gasteiger partial charge in [-0.05, 0) is 25.5 Å². The van der Waals surface area contributed by atoms with Gasteiger partial charge in [0.2, 0.25) is 0 Å². The SMILES string of the molecule is CC(C(=O)O)(c1ccccc1)N1CCCNCC1. The van der Waals surface area contributed by atoms with Gasteiger partial charge in [-0.1, -0.05) is 30.3 Å². The van der Waals surface area contributed by atoms with Crippen LogP contribution >= 0.6 is 0 Å². The van der Waals surface area contributed by atoms with Gasteiger partial charge in [-0.25, -0.2) is 4.79 Å². The molecule has 1 aromatic rings. The molecule has 0 saturated carbocycles. The molecule has 1 heterocycles. The van der Waals surface area contributed by atoms with E-state index in [2.05, 4.69) is 10.2 Å². The molecule has 1 aliphatic rings. The maximum atomic E-state index is 11.8. The number of hydrogen-bond donors (Lipinski definition) is 2. The highest BCUT2D eigenvalue weighted by molar-refractivity contribution is 5.80. The lowest BCUT2D eigenvalue weighted by atomic mass is 9.90. The first kappa shape index (κ1) is 13.1. The molecule has 0 aromatic heterocycles. The van der Waals surface area contributed by atoms with Crippen molar-refractivity contribution in [3.05, 3.63) is 35.9 Å². The van der Waals surface area contributed by atoms with Gasteiger partial charge in [-0.15, -0.1) is 0 Å². The minimum absolute atomic E-state index is 0.762. The second kappa shape index (κ2) is 5.50. The summed E-state index contributed by atoms with van der Waals surface area (Å²) in [5, 5.41) is 13.0. The second-order valence-electron chi connectivity index (χ2n) is 4.83. The lowest BCUT2D eigenvalue weighted by molar-refractivity contribution is -0.151. The van der Waals surface area contributed by atoms with Gasteiger partial charge < -0.3 is 10.4 Å². The fourth-order valence-electron chi connectivity index (χ4n) is 2.50. The Morgan fingerprint density at radius 3 is 2.67 bits per heavy atom. The van der Waals surface area contributed by atoms with E-state index in [4.69, 9.17) is 0 Å². The highest BCUT2D eigenvalue weighted by atomic mass is 16.4. The Bertz CT molecular complexity index is 400. The Balaban J connectivity index is 2.34. The molecule has 0 amide bonds. The Morgan fingerprint density at radius 1 is 1.28 bits per heavy atom. The van der Waals surface area contributed by atoms with Crippen molar-refractivity contribution in [3.8, 4) is 0 Å². The molecule has 2 N–H and O–H groups in total. The molecule has 1 saturated heterocycles. The number of nitrogens with one attached hydrogen (secondary N) is 1. The van der Waals surface area contributed by atoms with Crippen molar-refractivity contribution in [2.24, 2.45) is 0 Å². The molecular weight excluding hydrogens is 228 g/mol. The number of carbonyl (C=O) groups is 1. The van der Waals surface area contributed by atoms with E-state index in [9.17, 15) is 9.90 Å². The maximum absolute atomic E-state index is 11.8. The van der Waals surface area contributed by atoms with Gasteiger partial charge in [0.15, 0.2) is 0 Å². The minimum Gasteiger partial charge on any atom is -0.480 e. The molecule has 98 valence electrons. The van der Waals surface area contributed by atoms with Crippen LogP contribution in [-0.4, -0.2) is 42.2 Å². The Hall–Kier alpha value is -1.39. The molecule has 0 aliphatic carbocycles. The number of carboxylic acids is 1. The molecule has 1 fully saturated rings. The van der Waals surface area contributed by atoms with E-state index in [-0.39, 0.29) is 0 Å². The Morgan fingerprint density at radius 2 is 2.00 bits per heavy atom. The average molecular weight is 248 g/mol. The maximum Gasteiger partial charge on any atom is 0.328 e. The van der Waals surface area contributed by atoms with Crippen LogP contribution < -0.4 is 5.32 Å². The van der Waals surface area contributed by atoms with E-state index in [1.54, 1.807) is 6.92 Å². The van der Waals surface area contributed by atoms with Gasteiger partial charge in [0, 0.05) is 19.6 Å². The predicted octanol–water partition coefficient (Wildman–Crippen LogP) is 1.28. The van der Waals surface area contributed by atoms with Gasteiger partial charge in [-0.2, -0.15) is 0 Å². The number of carboxylic acid groups (broad SMARTS) is 1. The summed E-state index contributed by atoms with van der Waals surface area (Å²) in [6.07, 6.45) is 0.982. The van der Waals surface area contributed by atoms with E-state index in [0.29, 0.717) is 0 Å². The molecule has 1 atom stereocenters. The molecule has 18 heavy (non-hydrogen) atoms. The summed E-state index contributed by atoms with van der Waals surface area (Å²) in [6, 6.07) is 9.49. The zero-order valence-corrected chi connectivity index (χ0v) is 10.7. The van der Waals surface area contributed by atoms with Gasteiger partial charge in [0.25, 0.3) is 0 Å². The zero-order valence-electron chi connectivity index (χ0n) is 10.7. The van der Waals surface area contributed by atoms with Crippen molar-refractivity contribution >= 4 is 5.97 Å². The third-order valence-electron chi connectivity index (χ3n) is 3.72. The van der Waals surface area contributed by atoms with Crippen LogP contribution in [0.5, 0.6) is 0 Å². The molecule has 2 rings (SSSR count). The number of benzene rings is 1. The van der Waals surface area contributed by atoms with Crippen molar-refractivity contribution in [2.45, 2.75) is 18.9 Å². The number of aliphatic carboxylic acids is 1. The number of rotatable bonds is 3. The van der Waals surface area contributed by atoms with Crippen LogP contribution in [0.25, 0.3) is 0 Å². The van der Waals surface area contributed by atoms with Crippen LogP contribution in [0, 0.1) is 0 Å². The highest BCUT2D eigenvalue weighted by Crippen LogP contribution is 2.29. The van der Waals surface area contributed by atoms with Gasteiger partial charge in [-0.3, -0.25) is 4.90 Å². The first-order valence-electron chi connectivity index (χ1n) is 6.40. The second-order valence-corrected chi connectivity index (χ2v) is 4.83. The van der Waals surface area contributed by atoms with Crippen LogP contribution in [-0.2, 0) is 10.3 Å². The number of hydrogen-bond acceptors (Lipinski definition) is 3. The fraction of sp³-hybridized carbons (Fsp3) is 0.500. The molecule has 0 spiro atoms. The molecule has 4 nitrogen and oxygen atoms in total. The fourth-order valence-corrected chi connectivity index (χ4v) is 2.50. The molecule has 1 aliphatic heterocycles. The van der Waals surface area contributed by atoms with E-state index < -0.39 is 11.5 Å². The summed E-state index contributed by atoms with van der Waals surface area (Å²) in [5.41, 5.74) is -0.0906. The van der Waals surface area contributed by atoms with Crippen LogP contribution in [0.4, 0.5) is 0 Å². The summed E-state index contributed by atoms with van der Waals surface area (Å²) >= 11 is 0. The van der Waals surface area contributed by atoms with E-state index >= 15 is 0 Å². The smallest absolute Gasteiger partial charge is 0.328 e. The third kappa shape index (κ3) is 2.40. The summed E-state index contributed by atoms with van der Waals surface area (Å²) < 4.78 is 0. The molecule has 0 bridgehead atoms. The topological polar surface area (TPSA) is 52.6 Å². The molecule has 0 radical (unpaired) electrons. The molecule has 4 heteroatoms. The van der Waals surface area contributed by atoms with Crippen molar-refractivity contribution in [1.82, 2.24) is 10.2 Å². The third-order valence-corrected chi connectivity index (χ3v) is 3.72. The quantitative estimate of drug-likeness (QED) is 0.846.